The molecule has 0 aromatic carbocycles. The summed E-state index contributed by atoms with van der Waals surface area (Å²) < 4.78 is 4.74. The van der Waals surface area contributed by atoms with Crippen molar-refractivity contribution < 1.29 is 9.53 Å². The van der Waals surface area contributed by atoms with Crippen molar-refractivity contribution in [3.8, 4) is 0 Å². The van der Waals surface area contributed by atoms with E-state index in [2.05, 4.69) is 25.7 Å². The van der Waals surface area contributed by atoms with Crippen LogP contribution in [0.5, 0.6) is 0 Å². The molecule has 0 aliphatic carbocycles. The van der Waals surface area contributed by atoms with Gasteiger partial charge >= 0.3 is 5.97 Å². The Kier molecular flexibility index (Phi) is 5.96. The summed E-state index contributed by atoms with van der Waals surface area (Å²) in [5.74, 6) is 1.54. The van der Waals surface area contributed by atoms with Crippen LogP contribution < -0.4 is 0 Å². The second-order valence-corrected chi connectivity index (χ2v) is 5.60. The zero-order valence-electron chi connectivity index (χ0n) is 11.7. The third-order valence-corrected chi connectivity index (χ3v) is 4.06. The maximum atomic E-state index is 11.3. The lowest BCUT2D eigenvalue weighted by Gasteiger charge is -2.27. The van der Waals surface area contributed by atoms with E-state index in [1.165, 1.54) is 26.4 Å². The largest absolute Gasteiger partial charge is 0.469 e. The molecule has 0 aromatic heterocycles. The first-order chi connectivity index (χ1) is 8.04. The second kappa shape index (κ2) is 7.00. The summed E-state index contributed by atoms with van der Waals surface area (Å²) in [5.41, 5.74) is 0. The topological polar surface area (TPSA) is 29.5 Å². The van der Waals surface area contributed by atoms with Crippen molar-refractivity contribution in [2.24, 2.45) is 11.8 Å². The summed E-state index contributed by atoms with van der Waals surface area (Å²) in [6.45, 7) is 9.02. The second-order valence-electron chi connectivity index (χ2n) is 5.60. The van der Waals surface area contributed by atoms with Gasteiger partial charge in [0.05, 0.1) is 13.5 Å². The highest BCUT2D eigenvalue weighted by Gasteiger charge is 2.23. The van der Waals surface area contributed by atoms with Crippen molar-refractivity contribution in [1.29, 1.82) is 0 Å². The van der Waals surface area contributed by atoms with Crippen LogP contribution in [-0.4, -0.2) is 37.1 Å². The fraction of sp³-hybridized carbons (Fsp3) is 0.929. The highest BCUT2D eigenvalue weighted by molar-refractivity contribution is 5.69. The predicted molar refractivity (Wildman–Crippen MR) is 69.8 cm³/mol. The number of carbonyl (C=O) groups is 1. The molecule has 0 spiro atoms. The lowest BCUT2D eigenvalue weighted by molar-refractivity contribution is -0.141. The Morgan fingerprint density at radius 2 is 2.00 bits per heavy atom. The standard InChI is InChI=1S/C14H27NO2/c1-11(2)13-6-5-8-15(9-7-13)12(3)10-14(16)17-4/h11-13H,5-10H2,1-4H3. The Balaban J connectivity index is 2.42. The summed E-state index contributed by atoms with van der Waals surface area (Å²) in [6, 6.07) is 0.313. The van der Waals surface area contributed by atoms with Crippen LogP contribution in [0.2, 0.25) is 0 Å². The molecule has 2 unspecified atom stereocenters. The number of nitrogens with zero attached hydrogens (tertiary/aromatic N) is 1. The molecule has 17 heavy (non-hydrogen) atoms. The first-order valence-corrected chi connectivity index (χ1v) is 6.85. The van der Waals surface area contributed by atoms with Gasteiger partial charge in [0, 0.05) is 6.04 Å². The maximum Gasteiger partial charge on any atom is 0.307 e. The van der Waals surface area contributed by atoms with Gasteiger partial charge in [-0.3, -0.25) is 4.79 Å². The van der Waals surface area contributed by atoms with Gasteiger partial charge in [-0.2, -0.15) is 0 Å². The Labute approximate surface area is 106 Å². The first-order valence-electron chi connectivity index (χ1n) is 6.85. The molecular formula is C14H27NO2. The lowest BCUT2D eigenvalue weighted by atomic mass is 9.89. The Morgan fingerprint density at radius 1 is 1.29 bits per heavy atom. The molecule has 0 N–H and O–H groups in total. The highest BCUT2D eigenvalue weighted by atomic mass is 16.5. The molecule has 1 aliphatic rings. The van der Waals surface area contributed by atoms with Crippen LogP contribution in [0.25, 0.3) is 0 Å². The molecule has 0 radical (unpaired) electrons. The molecular weight excluding hydrogens is 214 g/mol. The zero-order valence-corrected chi connectivity index (χ0v) is 11.7. The minimum absolute atomic E-state index is 0.0952. The molecule has 2 atom stereocenters. The molecule has 0 aromatic rings. The van der Waals surface area contributed by atoms with E-state index in [1.54, 1.807) is 0 Å². The lowest BCUT2D eigenvalue weighted by Crippen LogP contribution is -2.35. The van der Waals surface area contributed by atoms with Crippen LogP contribution in [0.4, 0.5) is 0 Å². The molecule has 3 heteroatoms. The van der Waals surface area contributed by atoms with E-state index < -0.39 is 0 Å². The quantitative estimate of drug-likeness (QED) is 0.709. The van der Waals surface area contributed by atoms with Gasteiger partial charge in [-0.05, 0) is 51.1 Å². The van der Waals surface area contributed by atoms with Crippen LogP contribution >= 0.6 is 0 Å². The van der Waals surface area contributed by atoms with Crippen molar-refractivity contribution in [1.82, 2.24) is 4.90 Å². The van der Waals surface area contributed by atoms with E-state index in [4.69, 9.17) is 4.74 Å². The van der Waals surface area contributed by atoms with Gasteiger partial charge in [0.1, 0.15) is 0 Å². The fourth-order valence-corrected chi connectivity index (χ4v) is 2.71. The average molecular weight is 241 g/mol. The van der Waals surface area contributed by atoms with Gasteiger partial charge in [-0.15, -0.1) is 0 Å². The molecule has 1 rings (SSSR count). The number of carbonyl (C=O) groups excluding carboxylic acids is 1. The van der Waals surface area contributed by atoms with Gasteiger partial charge in [0.25, 0.3) is 0 Å². The third kappa shape index (κ3) is 4.66. The Bertz CT molecular complexity index is 240. The zero-order chi connectivity index (χ0) is 12.8. The van der Waals surface area contributed by atoms with E-state index in [0.29, 0.717) is 12.5 Å². The van der Waals surface area contributed by atoms with Crippen molar-refractivity contribution in [3.63, 3.8) is 0 Å². The third-order valence-electron chi connectivity index (χ3n) is 4.06. The smallest absolute Gasteiger partial charge is 0.307 e. The molecule has 100 valence electrons. The number of esters is 1. The SMILES string of the molecule is COC(=O)CC(C)N1CCCC(C(C)C)CC1. The van der Waals surface area contributed by atoms with E-state index in [-0.39, 0.29) is 5.97 Å². The Hall–Kier alpha value is -0.570. The van der Waals surface area contributed by atoms with Crippen LogP contribution in [0.1, 0.15) is 46.5 Å². The molecule has 1 saturated heterocycles. The number of likely N-dealkylation sites (tertiary alicyclic amines) is 1. The maximum absolute atomic E-state index is 11.3. The minimum atomic E-state index is -0.0952. The predicted octanol–water partition coefficient (Wildman–Crippen LogP) is 2.70. The fourth-order valence-electron chi connectivity index (χ4n) is 2.71. The van der Waals surface area contributed by atoms with Crippen molar-refractivity contribution in [2.45, 2.75) is 52.5 Å². The Morgan fingerprint density at radius 3 is 2.59 bits per heavy atom. The number of ether oxygens (including phenoxy) is 1. The molecule has 0 saturated carbocycles. The van der Waals surface area contributed by atoms with E-state index >= 15 is 0 Å². The number of hydrogen-bond acceptors (Lipinski definition) is 3. The molecule has 1 heterocycles. The van der Waals surface area contributed by atoms with Gasteiger partial charge in [0.2, 0.25) is 0 Å². The molecule has 0 bridgehead atoms. The minimum Gasteiger partial charge on any atom is -0.469 e. The van der Waals surface area contributed by atoms with E-state index in [0.717, 1.165) is 24.9 Å². The van der Waals surface area contributed by atoms with Crippen LogP contribution in [0.3, 0.4) is 0 Å². The van der Waals surface area contributed by atoms with Crippen LogP contribution in [-0.2, 0) is 9.53 Å². The normalized spacial score (nSPS) is 24.4. The van der Waals surface area contributed by atoms with Crippen LogP contribution in [0.15, 0.2) is 0 Å². The first kappa shape index (κ1) is 14.5. The van der Waals surface area contributed by atoms with E-state index in [1.807, 2.05) is 0 Å². The molecule has 1 aliphatic heterocycles. The summed E-state index contributed by atoms with van der Waals surface area (Å²) in [5, 5.41) is 0. The average Bonchev–Trinajstić information content (AvgIpc) is 2.54. The summed E-state index contributed by atoms with van der Waals surface area (Å²) >= 11 is 0. The van der Waals surface area contributed by atoms with Gasteiger partial charge in [-0.1, -0.05) is 13.8 Å². The van der Waals surface area contributed by atoms with Gasteiger partial charge in [0.15, 0.2) is 0 Å². The van der Waals surface area contributed by atoms with E-state index in [9.17, 15) is 4.79 Å². The number of methoxy groups -OCH3 is 1. The van der Waals surface area contributed by atoms with Crippen molar-refractivity contribution >= 4 is 5.97 Å². The molecule has 1 fully saturated rings. The van der Waals surface area contributed by atoms with Gasteiger partial charge < -0.3 is 9.64 Å². The van der Waals surface area contributed by atoms with Crippen molar-refractivity contribution in [3.05, 3.63) is 0 Å². The van der Waals surface area contributed by atoms with Crippen LogP contribution in [0, 0.1) is 11.8 Å². The van der Waals surface area contributed by atoms with Gasteiger partial charge in [-0.25, -0.2) is 0 Å². The summed E-state index contributed by atoms with van der Waals surface area (Å²) in [4.78, 5) is 13.7. The summed E-state index contributed by atoms with van der Waals surface area (Å²) in [6.07, 6.45) is 4.37. The molecule has 3 nitrogen and oxygen atoms in total. The number of rotatable bonds is 4. The summed E-state index contributed by atoms with van der Waals surface area (Å²) in [7, 11) is 1.46. The highest BCUT2D eigenvalue weighted by Crippen LogP contribution is 2.25. The van der Waals surface area contributed by atoms with Crippen molar-refractivity contribution in [2.75, 3.05) is 20.2 Å². The molecule has 0 amide bonds. The monoisotopic (exact) mass is 241 g/mol. The number of hydrogen-bond donors (Lipinski definition) is 0.